The van der Waals surface area contributed by atoms with Crippen molar-refractivity contribution in [1.29, 1.82) is 0 Å². The molecule has 1 aromatic heterocycles. The van der Waals surface area contributed by atoms with Gasteiger partial charge in [0.1, 0.15) is 0 Å². The zero-order valence-electron chi connectivity index (χ0n) is 7.03. The van der Waals surface area contributed by atoms with Crippen LogP contribution in [0.25, 0.3) is 0 Å². The van der Waals surface area contributed by atoms with Crippen molar-refractivity contribution in [1.82, 2.24) is 4.98 Å². The van der Waals surface area contributed by atoms with Crippen LogP contribution in [-0.4, -0.2) is 22.4 Å². The van der Waals surface area contributed by atoms with Crippen molar-refractivity contribution >= 4 is 27.3 Å². The van der Waals surface area contributed by atoms with Gasteiger partial charge in [0.2, 0.25) is 0 Å². The van der Waals surface area contributed by atoms with E-state index in [1.54, 1.807) is 0 Å². The summed E-state index contributed by atoms with van der Waals surface area (Å²) < 4.78 is 73.5. The molecule has 0 radical (unpaired) electrons. The van der Waals surface area contributed by atoms with Crippen LogP contribution in [0.3, 0.4) is 0 Å². The third-order valence-corrected chi connectivity index (χ3v) is 3.24. The van der Waals surface area contributed by atoms with E-state index in [9.17, 15) is 26.3 Å². The van der Waals surface area contributed by atoms with E-state index >= 15 is 0 Å². The summed E-state index contributed by atoms with van der Waals surface area (Å²) in [5, 5.41) is 8.87. The van der Waals surface area contributed by atoms with Gasteiger partial charge in [0.25, 0.3) is 5.60 Å². The third kappa shape index (κ3) is 2.05. The number of rotatable bonds is 1. The van der Waals surface area contributed by atoms with Gasteiger partial charge in [-0.05, 0) is 15.9 Å². The Morgan fingerprint density at radius 2 is 1.56 bits per heavy atom. The maximum Gasteiger partial charge on any atom is 0.431 e. The molecule has 2 nitrogen and oxygen atoms in total. The number of aliphatic hydroxyl groups is 1. The van der Waals surface area contributed by atoms with Crippen LogP contribution in [0.4, 0.5) is 26.3 Å². The van der Waals surface area contributed by atoms with Crippen molar-refractivity contribution in [3.05, 3.63) is 15.0 Å². The second-order valence-corrected chi connectivity index (χ2v) is 4.99. The molecular formula is C6H2BrF6NOS. The monoisotopic (exact) mass is 329 g/mol. The summed E-state index contributed by atoms with van der Waals surface area (Å²) in [6, 6.07) is 0. The summed E-state index contributed by atoms with van der Waals surface area (Å²) >= 11 is 2.68. The van der Waals surface area contributed by atoms with Crippen molar-refractivity contribution in [2.24, 2.45) is 0 Å². The first kappa shape index (κ1) is 13.7. The molecule has 0 aliphatic carbocycles. The maximum atomic E-state index is 12.3. The fourth-order valence-corrected chi connectivity index (χ4v) is 2.26. The van der Waals surface area contributed by atoms with E-state index in [0.717, 1.165) is 0 Å². The molecule has 1 rings (SSSR count). The van der Waals surface area contributed by atoms with E-state index in [4.69, 9.17) is 5.11 Å². The van der Waals surface area contributed by atoms with Crippen LogP contribution in [0.2, 0.25) is 0 Å². The first-order valence-corrected chi connectivity index (χ1v) is 5.08. The molecule has 0 atom stereocenters. The highest BCUT2D eigenvalue weighted by Gasteiger charge is 2.72. The maximum absolute atomic E-state index is 12.3. The molecule has 0 saturated heterocycles. The number of nitrogens with zero attached hydrogens (tertiary/aromatic N) is 1. The first-order chi connectivity index (χ1) is 7.00. The van der Waals surface area contributed by atoms with Crippen LogP contribution in [0.1, 0.15) is 4.88 Å². The highest BCUT2D eigenvalue weighted by molar-refractivity contribution is 9.11. The average molecular weight is 330 g/mol. The minimum Gasteiger partial charge on any atom is -0.369 e. The van der Waals surface area contributed by atoms with Gasteiger partial charge in [-0.15, -0.1) is 11.3 Å². The number of thiazole rings is 1. The largest absolute Gasteiger partial charge is 0.431 e. The summed E-state index contributed by atoms with van der Waals surface area (Å²) in [5.41, 5.74) is -4.89. The van der Waals surface area contributed by atoms with Crippen LogP contribution >= 0.6 is 27.3 Å². The van der Waals surface area contributed by atoms with E-state index in [2.05, 4.69) is 20.9 Å². The lowest BCUT2D eigenvalue weighted by atomic mass is 10.0. The topological polar surface area (TPSA) is 33.1 Å². The lowest BCUT2D eigenvalue weighted by Gasteiger charge is -2.30. The molecule has 0 unspecified atom stereocenters. The molecule has 0 bridgehead atoms. The molecule has 0 fully saturated rings. The average Bonchev–Trinajstić information content (AvgIpc) is 2.46. The van der Waals surface area contributed by atoms with Crippen LogP contribution in [-0.2, 0) is 5.60 Å². The summed E-state index contributed by atoms with van der Waals surface area (Å²) in [4.78, 5) is 1.85. The Hall–Kier alpha value is -0.350. The number of hydrogen-bond acceptors (Lipinski definition) is 3. The van der Waals surface area contributed by atoms with Crippen molar-refractivity contribution < 1.29 is 31.4 Å². The van der Waals surface area contributed by atoms with E-state index in [1.165, 1.54) is 0 Å². The van der Waals surface area contributed by atoms with Gasteiger partial charge in [-0.3, -0.25) is 0 Å². The van der Waals surface area contributed by atoms with Gasteiger partial charge >= 0.3 is 12.4 Å². The summed E-state index contributed by atoms with van der Waals surface area (Å²) in [6.07, 6.45) is -11.4. The van der Waals surface area contributed by atoms with Crippen molar-refractivity contribution in [2.75, 3.05) is 0 Å². The zero-order chi connectivity index (χ0) is 12.8. The van der Waals surface area contributed by atoms with Gasteiger partial charge in [-0.2, -0.15) is 26.3 Å². The van der Waals surface area contributed by atoms with Crippen LogP contribution in [0, 0.1) is 0 Å². The molecule has 0 spiro atoms. The number of halogens is 7. The van der Waals surface area contributed by atoms with Crippen LogP contribution in [0.5, 0.6) is 0 Å². The second-order valence-electron chi connectivity index (χ2n) is 2.68. The highest BCUT2D eigenvalue weighted by Crippen LogP contribution is 2.51. The molecule has 16 heavy (non-hydrogen) atoms. The summed E-state index contributed by atoms with van der Waals surface area (Å²) in [5.74, 6) is 0. The molecule has 0 amide bonds. The Balaban J connectivity index is 3.38. The van der Waals surface area contributed by atoms with Gasteiger partial charge in [-0.1, -0.05) is 0 Å². The van der Waals surface area contributed by atoms with E-state index < -0.39 is 22.8 Å². The van der Waals surface area contributed by atoms with Gasteiger partial charge < -0.3 is 5.11 Å². The van der Waals surface area contributed by atoms with Gasteiger partial charge in [0, 0.05) is 6.20 Å². The van der Waals surface area contributed by atoms with E-state index in [0.29, 0.717) is 6.20 Å². The molecule has 92 valence electrons. The number of hydrogen-bond donors (Lipinski definition) is 1. The van der Waals surface area contributed by atoms with Gasteiger partial charge in [0.05, 0.1) is 4.88 Å². The standard InChI is InChI=1S/C6H2BrF6NOS/c7-3-14-1-2(16-3)4(15,5(8,9)10)6(11,12)13/h1,15H. The molecule has 1 N–H and O–H groups in total. The predicted octanol–water partition coefficient (Wildman–Crippen LogP) is 3.22. The SMILES string of the molecule is OC(c1cnc(Br)s1)(C(F)(F)F)C(F)(F)F. The molecule has 1 aromatic rings. The molecule has 0 aromatic carbocycles. The van der Waals surface area contributed by atoms with Gasteiger partial charge in [0.15, 0.2) is 3.92 Å². The zero-order valence-corrected chi connectivity index (χ0v) is 9.43. The third-order valence-electron chi connectivity index (χ3n) is 1.65. The lowest BCUT2D eigenvalue weighted by molar-refractivity contribution is -0.375. The molecular weight excluding hydrogens is 328 g/mol. The second kappa shape index (κ2) is 3.84. The minimum atomic E-state index is -5.86. The quantitative estimate of drug-likeness (QED) is 0.802. The minimum absolute atomic E-state index is 0.0640. The Bertz CT molecular complexity index is 371. The van der Waals surface area contributed by atoms with Crippen molar-refractivity contribution in [3.8, 4) is 0 Å². The fraction of sp³-hybridized carbons (Fsp3) is 0.500. The van der Waals surface area contributed by atoms with Crippen molar-refractivity contribution in [3.63, 3.8) is 0 Å². The fourth-order valence-electron chi connectivity index (χ4n) is 0.860. The smallest absolute Gasteiger partial charge is 0.369 e. The number of alkyl halides is 6. The van der Waals surface area contributed by atoms with E-state index in [-0.39, 0.29) is 15.3 Å². The number of aromatic nitrogens is 1. The first-order valence-electron chi connectivity index (χ1n) is 3.48. The molecule has 0 saturated carbocycles. The normalized spacial score (nSPS) is 14.2. The highest BCUT2D eigenvalue weighted by atomic mass is 79.9. The molecule has 0 aliphatic rings. The summed E-state index contributed by atoms with van der Waals surface area (Å²) in [6.45, 7) is 0. The predicted molar refractivity (Wildman–Crippen MR) is 45.8 cm³/mol. The Morgan fingerprint density at radius 3 is 1.81 bits per heavy atom. The molecule has 0 aliphatic heterocycles. The Morgan fingerprint density at radius 1 is 1.12 bits per heavy atom. The summed E-state index contributed by atoms with van der Waals surface area (Å²) in [7, 11) is 0. The van der Waals surface area contributed by atoms with Gasteiger partial charge in [-0.25, -0.2) is 4.98 Å². The van der Waals surface area contributed by atoms with Crippen LogP contribution < -0.4 is 0 Å². The Labute approximate surface area is 97.0 Å². The molecule has 10 heteroatoms. The molecule has 1 heterocycles. The van der Waals surface area contributed by atoms with Crippen LogP contribution in [0.15, 0.2) is 10.1 Å². The lowest BCUT2D eigenvalue weighted by Crippen LogP contribution is -2.53. The van der Waals surface area contributed by atoms with Crippen molar-refractivity contribution in [2.45, 2.75) is 18.0 Å². The van der Waals surface area contributed by atoms with E-state index in [1.807, 2.05) is 0 Å². The Kier molecular flexibility index (Phi) is 3.29.